The number of hydrogen-bond acceptors (Lipinski definition) is 3. The summed E-state index contributed by atoms with van der Waals surface area (Å²) in [4.78, 5) is 14.7. The van der Waals surface area contributed by atoms with E-state index in [0.717, 1.165) is 33.0 Å². The predicted molar refractivity (Wildman–Crippen MR) is 139 cm³/mol. The lowest BCUT2D eigenvalue weighted by atomic mass is 10.0. The fraction of sp³-hybridized carbons (Fsp3) is 0. The van der Waals surface area contributed by atoms with E-state index >= 15 is 0 Å². The molecule has 0 saturated carbocycles. The van der Waals surface area contributed by atoms with Crippen LogP contribution in [0.15, 0.2) is 127 Å². The normalized spacial score (nSPS) is 10.9. The molecule has 1 heterocycles. The van der Waals surface area contributed by atoms with Gasteiger partial charge >= 0.3 is 0 Å². The zero-order valence-electron chi connectivity index (χ0n) is 18.5. The second-order valence-electron chi connectivity index (χ2n) is 8.14. The van der Waals surface area contributed by atoms with Crippen molar-refractivity contribution in [3.63, 3.8) is 0 Å². The minimum Gasteiger partial charge on any atom is -0.208 e. The average molecular weight is 436 g/mol. The van der Waals surface area contributed by atoms with E-state index in [1.807, 2.05) is 42.5 Å². The molecule has 0 aliphatic rings. The SMILES string of the molecule is c1ccc(-c2ccc(-c3nc(-c4ccccc4)nc(-c4cccc5ccccc45)n3)cc2)cc1. The molecule has 3 heteroatoms. The van der Waals surface area contributed by atoms with E-state index in [2.05, 4.69) is 84.9 Å². The van der Waals surface area contributed by atoms with Crippen molar-refractivity contribution in [1.29, 1.82) is 0 Å². The molecule has 3 nitrogen and oxygen atoms in total. The smallest absolute Gasteiger partial charge is 0.164 e. The summed E-state index contributed by atoms with van der Waals surface area (Å²) < 4.78 is 0. The number of benzene rings is 5. The molecule has 34 heavy (non-hydrogen) atoms. The number of rotatable bonds is 4. The Bertz CT molecular complexity index is 1570. The van der Waals surface area contributed by atoms with Crippen LogP contribution in [0.3, 0.4) is 0 Å². The molecule has 0 spiro atoms. The fourth-order valence-corrected chi connectivity index (χ4v) is 4.20. The Morgan fingerprint density at radius 2 is 0.794 bits per heavy atom. The molecule has 0 atom stereocenters. The minimum absolute atomic E-state index is 0.663. The summed E-state index contributed by atoms with van der Waals surface area (Å²) in [6, 6.07) is 43.4. The number of aromatic nitrogens is 3. The van der Waals surface area contributed by atoms with E-state index in [9.17, 15) is 0 Å². The highest BCUT2D eigenvalue weighted by Crippen LogP contribution is 2.30. The Balaban J connectivity index is 1.51. The lowest BCUT2D eigenvalue weighted by molar-refractivity contribution is 1.08. The highest BCUT2D eigenvalue weighted by molar-refractivity contribution is 5.95. The van der Waals surface area contributed by atoms with Gasteiger partial charge in [-0.15, -0.1) is 0 Å². The van der Waals surface area contributed by atoms with Crippen LogP contribution in [0, 0.1) is 0 Å². The van der Waals surface area contributed by atoms with Crippen molar-refractivity contribution in [2.24, 2.45) is 0 Å². The van der Waals surface area contributed by atoms with Crippen LogP contribution in [-0.2, 0) is 0 Å². The van der Waals surface area contributed by atoms with Gasteiger partial charge in [-0.05, 0) is 21.9 Å². The molecule has 1 aromatic heterocycles. The van der Waals surface area contributed by atoms with E-state index in [1.54, 1.807) is 0 Å². The fourth-order valence-electron chi connectivity index (χ4n) is 4.20. The third-order valence-corrected chi connectivity index (χ3v) is 5.95. The first-order valence-electron chi connectivity index (χ1n) is 11.3. The largest absolute Gasteiger partial charge is 0.208 e. The van der Waals surface area contributed by atoms with Crippen LogP contribution >= 0.6 is 0 Å². The Morgan fingerprint density at radius 1 is 0.324 bits per heavy atom. The van der Waals surface area contributed by atoms with Crippen LogP contribution < -0.4 is 0 Å². The highest BCUT2D eigenvalue weighted by atomic mass is 15.0. The molecule has 160 valence electrons. The van der Waals surface area contributed by atoms with Crippen molar-refractivity contribution >= 4 is 10.8 Å². The first-order valence-corrected chi connectivity index (χ1v) is 11.3. The molecule has 0 N–H and O–H groups in total. The first-order chi connectivity index (χ1) is 16.8. The summed E-state index contributed by atoms with van der Waals surface area (Å²) in [6.07, 6.45) is 0. The Morgan fingerprint density at radius 3 is 1.50 bits per heavy atom. The molecular weight excluding hydrogens is 414 g/mol. The molecule has 0 radical (unpaired) electrons. The van der Waals surface area contributed by atoms with E-state index < -0.39 is 0 Å². The standard InChI is InChI=1S/C31H21N3/c1-3-10-22(11-4-1)23-18-20-26(21-19-23)30-32-29(25-13-5-2-6-14-25)33-31(34-30)28-17-9-15-24-12-7-8-16-27(24)28/h1-21H. The lowest BCUT2D eigenvalue weighted by Crippen LogP contribution is -2.00. The van der Waals surface area contributed by atoms with Crippen LogP contribution in [0.25, 0.3) is 56.1 Å². The van der Waals surface area contributed by atoms with Crippen molar-refractivity contribution in [3.05, 3.63) is 127 Å². The molecule has 0 aliphatic heterocycles. The third-order valence-electron chi connectivity index (χ3n) is 5.95. The average Bonchev–Trinajstić information content (AvgIpc) is 2.93. The summed E-state index contributed by atoms with van der Waals surface area (Å²) in [5, 5.41) is 2.29. The lowest BCUT2D eigenvalue weighted by Gasteiger charge is -2.10. The predicted octanol–water partition coefficient (Wildman–Crippen LogP) is 7.69. The number of nitrogens with zero attached hydrogens (tertiary/aromatic N) is 3. The van der Waals surface area contributed by atoms with Crippen molar-refractivity contribution in [2.75, 3.05) is 0 Å². The third kappa shape index (κ3) is 3.84. The van der Waals surface area contributed by atoms with Gasteiger partial charge in [-0.1, -0.05) is 127 Å². The van der Waals surface area contributed by atoms with Crippen LogP contribution in [-0.4, -0.2) is 15.0 Å². The molecule has 0 aliphatic carbocycles. The van der Waals surface area contributed by atoms with Crippen molar-refractivity contribution in [1.82, 2.24) is 15.0 Å². The monoisotopic (exact) mass is 435 g/mol. The Hall–Kier alpha value is -4.63. The van der Waals surface area contributed by atoms with Crippen LogP contribution in [0.5, 0.6) is 0 Å². The zero-order valence-corrected chi connectivity index (χ0v) is 18.5. The summed E-state index contributed by atoms with van der Waals surface area (Å²) in [5.74, 6) is 2.00. The second-order valence-corrected chi connectivity index (χ2v) is 8.14. The molecule has 6 aromatic rings. The summed E-state index contributed by atoms with van der Waals surface area (Å²) >= 11 is 0. The van der Waals surface area contributed by atoms with Crippen molar-refractivity contribution < 1.29 is 0 Å². The van der Waals surface area contributed by atoms with Crippen molar-refractivity contribution in [3.8, 4) is 45.3 Å². The van der Waals surface area contributed by atoms with Gasteiger partial charge in [0.1, 0.15) is 0 Å². The highest BCUT2D eigenvalue weighted by Gasteiger charge is 2.14. The molecule has 0 bridgehead atoms. The van der Waals surface area contributed by atoms with Gasteiger partial charge in [0.05, 0.1) is 0 Å². The quantitative estimate of drug-likeness (QED) is 0.285. The van der Waals surface area contributed by atoms with Gasteiger partial charge < -0.3 is 0 Å². The van der Waals surface area contributed by atoms with Gasteiger partial charge in [-0.3, -0.25) is 0 Å². The maximum absolute atomic E-state index is 4.93. The van der Waals surface area contributed by atoms with Crippen LogP contribution in [0.1, 0.15) is 0 Å². The summed E-state index contributed by atoms with van der Waals surface area (Å²) in [7, 11) is 0. The molecule has 0 amide bonds. The second kappa shape index (κ2) is 8.72. The maximum atomic E-state index is 4.93. The van der Waals surface area contributed by atoms with Gasteiger partial charge in [-0.2, -0.15) is 0 Å². The van der Waals surface area contributed by atoms with Gasteiger partial charge in [-0.25, -0.2) is 15.0 Å². The molecule has 5 aromatic carbocycles. The summed E-state index contributed by atoms with van der Waals surface area (Å²) in [5.41, 5.74) is 5.27. The Labute approximate surface area is 198 Å². The zero-order chi connectivity index (χ0) is 22.7. The minimum atomic E-state index is 0.663. The van der Waals surface area contributed by atoms with Crippen LogP contribution in [0.4, 0.5) is 0 Å². The van der Waals surface area contributed by atoms with Gasteiger partial charge in [0.15, 0.2) is 17.5 Å². The molecule has 0 unspecified atom stereocenters. The van der Waals surface area contributed by atoms with Crippen LogP contribution in [0.2, 0.25) is 0 Å². The van der Waals surface area contributed by atoms with Gasteiger partial charge in [0.25, 0.3) is 0 Å². The first kappa shape index (κ1) is 20.0. The Kier molecular flexibility index (Phi) is 5.13. The topological polar surface area (TPSA) is 38.7 Å². The number of fused-ring (bicyclic) bond motifs is 1. The molecule has 6 rings (SSSR count). The van der Waals surface area contributed by atoms with Gasteiger partial charge in [0, 0.05) is 16.7 Å². The molecule has 0 fully saturated rings. The summed E-state index contributed by atoms with van der Waals surface area (Å²) in [6.45, 7) is 0. The van der Waals surface area contributed by atoms with Gasteiger partial charge in [0.2, 0.25) is 0 Å². The molecule has 0 saturated heterocycles. The van der Waals surface area contributed by atoms with E-state index in [-0.39, 0.29) is 0 Å². The number of hydrogen-bond donors (Lipinski definition) is 0. The van der Waals surface area contributed by atoms with E-state index in [0.29, 0.717) is 17.5 Å². The molecular formula is C31H21N3. The maximum Gasteiger partial charge on any atom is 0.164 e. The van der Waals surface area contributed by atoms with Crippen molar-refractivity contribution in [2.45, 2.75) is 0 Å². The van der Waals surface area contributed by atoms with E-state index in [1.165, 1.54) is 5.56 Å². The van der Waals surface area contributed by atoms with E-state index in [4.69, 9.17) is 15.0 Å².